The summed E-state index contributed by atoms with van der Waals surface area (Å²) in [6.07, 6.45) is 2.01. The molecule has 6 heteroatoms. The second kappa shape index (κ2) is 9.50. The predicted molar refractivity (Wildman–Crippen MR) is 112 cm³/mol. The maximum Gasteiger partial charge on any atom is 0.243 e. The Hall–Kier alpha value is -3.25. The molecule has 3 rings (SSSR count). The molecule has 0 radical (unpaired) electrons. The quantitative estimate of drug-likeness (QED) is 0.388. The van der Waals surface area contributed by atoms with Gasteiger partial charge in [0.25, 0.3) is 0 Å². The first-order chi connectivity index (χ1) is 14.5. The van der Waals surface area contributed by atoms with Crippen LogP contribution in [0.15, 0.2) is 59.7 Å². The fourth-order valence-corrected chi connectivity index (χ4v) is 3.94. The monoisotopic (exact) mass is 407 g/mol. The summed E-state index contributed by atoms with van der Waals surface area (Å²) < 4.78 is 5.24. The lowest BCUT2D eigenvalue weighted by molar-refractivity contribution is -0.129. The average Bonchev–Trinajstić information content (AvgIpc) is 2.79. The van der Waals surface area contributed by atoms with Crippen molar-refractivity contribution in [3.8, 4) is 5.75 Å². The van der Waals surface area contributed by atoms with Gasteiger partial charge in [0.2, 0.25) is 5.91 Å². The van der Waals surface area contributed by atoms with Crippen LogP contribution in [0.1, 0.15) is 64.8 Å². The van der Waals surface area contributed by atoms with E-state index in [1.807, 2.05) is 24.3 Å². The average molecular weight is 407 g/mol. The minimum atomic E-state index is -0.441. The van der Waals surface area contributed by atoms with Gasteiger partial charge in [-0.05, 0) is 37.5 Å². The summed E-state index contributed by atoms with van der Waals surface area (Å²) in [6, 6.07) is 14.4. The van der Waals surface area contributed by atoms with Crippen LogP contribution in [0.3, 0.4) is 0 Å². The number of carbonyl (C=O) groups is 3. The van der Waals surface area contributed by atoms with E-state index in [0.717, 1.165) is 5.56 Å². The number of carbonyl (C=O) groups excluding carboxylic acids is 3. The van der Waals surface area contributed by atoms with Crippen molar-refractivity contribution < 1.29 is 24.3 Å². The molecule has 0 aromatic heterocycles. The largest absolute Gasteiger partial charge is 0.497 e. The zero-order valence-electron chi connectivity index (χ0n) is 17.1. The number of hydrogen-bond donors (Lipinski definition) is 2. The summed E-state index contributed by atoms with van der Waals surface area (Å²) in [5.41, 5.74) is 4.39. The van der Waals surface area contributed by atoms with E-state index in [-0.39, 0.29) is 23.9 Å². The van der Waals surface area contributed by atoms with E-state index >= 15 is 0 Å². The van der Waals surface area contributed by atoms with Crippen LogP contribution in [-0.4, -0.2) is 29.8 Å². The number of hydrogen-bond acceptors (Lipinski definition) is 5. The first kappa shape index (κ1) is 21.5. The Morgan fingerprint density at radius 2 is 1.63 bits per heavy atom. The van der Waals surface area contributed by atoms with Gasteiger partial charge in [-0.15, -0.1) is 0 Å². The molecular weight excluding hydrogens is 382 g/mol. The van der Waals surface area contributed by atoms with Gasteiger partial charge in [0, 0.05) is 34.6 Å². The Balaban J connectivity index is 1.96. The van der Waals surface area contributed by atoms with E-state index in [1.54, 1.807) is 43.8 Å². The van der Waals surface area contributed by atoms with E-state index in [1.165, 1.54) is 0 Å². The fraction of sp³-hybridized carbons (Fsp3) is 0.292. The van der Waals surface area contributed by atoms with Crippen molar-refractivity contribution in [1.29, 1.82) is 0 Å². The molecule has 0 saturated carbocycles. The van der Waals surface area contributed by atoms with Crippen LogP contribution in [0.4, 0.5) is 0 Å². The molecule has 0 spiro atoms. The smallest absolute Gasteiger partial charge is 0.243 e. The second-order valence-electron chi connectivity index (χ2n) is 7.35. The molecule has 0 bridgehead atoms. The Kier molecular flexibility index (Phi) is 6.79. The molecule has 30 heavy (non-hydrogen) atoms. The molecule has 1 amide bonds. The lowest BCUT2D eigenvalue weighted by atomic mass is 9.75. The van der Waals surface area contributed by atoms with Gasteiger partial charge in [-0.25, -0.2) is 5.48 Å². The normalized spacial score (nSPS) is 14.4. The summed E-state index contributed by atoms with van der Waals surface area (Å²) in [4.78, 5) is 37.6. The number of benzene rings is 2. The van der Waals surface area contributed by atoms with Crippen LogP contribution in [0, 0.1) is 0 Å². The van der Waals surface area contributed by atoms with Gasteiger partial charge in [-0.1, -0.05) is 42.8 Å². The number of ether oxygens (including phenoxy) is 1. The van der Waals surface area contributed by atoms with Crippen LogP contribution in [-0.2, 0) is 4.79 Å². The number of amides is 1. The van der Waals surface area contributed by atoms with Gasteiger partial charge < -0.3 is 4.74 Å². The fourth-order valence-electron chi connectivity index (χ4n) is 3.94. The lowest BCUT2D eigenvalue weighted by Gasteiger charge is -2.26. The van der Waals surface area contributed by atoms with Crippen molar-refractivity contribution in [3.05, 3.63) is 76.4 Å². The topological polar surface area (TPSA) is 92.7 Å². The molecular formula is C24H25NO5. The number of fused-ring (bicyclic) bond motifs is 1. The van der Waals surface area contributed by atoms with E-state index in [4.69, 9.17) is 9.94 Å². The maximum absolute atomic E-state index is 13.4. The number of ketones is 2. The Labute approximate surface area is 175 Å². The van der Waals surface area contributed by atoms with Crippen molar-refractivity contribution >= 4 is 17.5 Å². The molecule has 0 heterocycles. The molecule has 156 valence electrons. The van der Waals surface area contributed by atoms with Gasteiger partial charge in [0.15, 0.2) is 11.6 Å². The highest BCUT2D eigenvalue weighted by Crippen LogP contribution is 2.38. The highest BCUT2D eigenvalue weighted by atomic mass is 16.5. The Morgan fingerprint density at radius 3 is 2.23 bits per heavy atom. The van der Waals surface area contributed by atoms with Crippen molar-refractivity contribution in [2.45, 2.75) is 38.5 Å². The number of nitrogens with one attached hydrogen (secondary N) is 1. The number of allylic oxidation sites excluding steroid dienone is 2. The zero-order valence-corrected chi connectivity index (χ0v) is 17.1. The van der Waals surface area contributed by atoms with Crippen molar-refractivity contribution in [1.82, 2.24) is 5.48 Å². The maximum atomic E-state index is 13.4. The summed E-state index contributed by atoms with van der Waals surface area (Å²) in [6.45, 7) is 1.71. The molecule has 0 fully saturated rings. The number of rotatable bonds is 8. The molecule has 1 unspecified atom stereocenters. The first-order valence-electron chi connectivity index (χ1n) is 9.94. The van der Waals surface area contributed by atoms with Crippen LogP contribution in [0.2, 0.25) is 0 Å². The summed E-state index contributed by atoms with van der Waals surface area (Å²) >= 11 is 0. The van der Waals surface area contributed by atoms with Gasteiger partial charge in [0.05, 0.1) is 7.11 Å². The standard InChI is InChI=1S/C24H25NO5/c1-15-22(24(28)20-9-4-3-8-19(20)23(15)27)18(7-5-6-10-21(26)25-29)16-11-13-17(30-2)14-12-16/h3-4,8-9,11-14,18,29H,5-7,10H2,1-2H3,(H,25,26). The van der Waals surface area contributed by atoms with Crippen LogP contribution < -0.4 is 10.2 Å². The minimum Gasteiger partial charge on any atom is -0.497 e. The van der Waals surface area contributed by atoms with Crippen molar-refractivity contribution in [3.63, 3.8) is 0 Å². The Morgan fingerprint density at radius 1 is 1.00 bits per heavy atom. The summed E-state index contributed by atoms with van der Waals surface area (Å²) in [7, 11) is 1.59. The summed E-state index contributed by atoms with van der Waals surface area (Å²) in [5.74, 6) is -0.267. The molecule has 2 N–H and O–H groups in total. The molecule has 2 aromatic carbocycles. The molecule has 0 aliphatic heterocycles. The molecule has 6 nitrogen and oxygen atoms in total. The molecule has 2 aromatic rings. The molecule has 1 atom stereocenters. The van der Waals surface area contributed by atoms with E-state index < -0.39 is 5.91 Å². The third-order valence-corrected chi connectivity index (χ3v) is 5.54. The van der Waals surface area contributed by atoms with E-state index in [2.05, 4.69) is 0 Å². The van der Waals surface area contributed by atoms with Gasteiger partial charge >= 0.3 is 0 Å². The van der Waals surface area contributed by atoms with E-state index in [0.29, 0.717) is 47.3 Å². The third kappa shape index (κ3) is 4.33. The van der Waals surface area contributed by atoms with Crippen molar-refractivity contribution in [2.75, 3.05) is 7.11 Å². The van der Waals surface area contributed by atoms with Gasteiger partial charge in [-0.3, -0.25) is 19.6 Å². The second-order valence-corrected chi connectivity index (χ2v) is 7.35. The summed E-state index contributed by atoms with van der Waals surface area (Å²) in [5, 5.41) is 8.67. The number of methoxy groups -OCH3 is 1. The van der Waals surface area contributed by atoms with Crippen LogP contribution >= 0.6 is 0 Å². The Bertz CT molecular complexity index is 991. The first-order valence-corrected chi connectivity index (χ1v) is 9.94. The molecule has 1 aliphatic carbocycles. The highest BCUT2D eigenvalue weighted by Gasteiger charge is 2.34. The van der Waals surface area contributed by atoms with E-state index in [9.17, 15) is 14.4 Å². The molecule has 1 aliphatic rings. The third-order valence-electron chi connectivity index (χ3n) is 5.54. The minimum absolute atomic E-state index is 0.127. The number of hydroxylamine groups is 1. The number of unbranched alkanes of at least 4 members (excludes halogenated alkanes) is 1. The predicted octanol–water partition coefficient (Wildman–Crippen LogP) is 4.24. The van der Waals surface area contributed by atoms with Gasteiger partial charge in [-0.2, -0.15) is 0 Å². The molecule has 0 saturated heterocycles. The van der Waals surface area contributed by atoms with Crippen LogP contribution in [0.5, 0.6) is 5.75 Å². The zero-order chi connectivity index (χ0) is 21.7. The SMILES string of the molecule is COc1ccc(C(CCCCC(=O)NO)C2=C(C)C(=O)c3ccccc3C2=O)cc1. The van der Waals surface area contributed by atoms with Crippen molar-refractivity contribution in [2.24, 2.45) is 0 Å². The number of Topliss-reactive ketones (excluding diaryl/α,β-unsaturated/α-hetero) is 2. The van der Waals surface area contributed by atoms with Gasteiger partial charge in [0.1, 0.15) is 5.75 Å². The highest BCUT2D eigenvalue weighted by molar-refractivity contribution is 6.27. The lowest BCUT2D eigenvalue weighted by Crippen LogP contribution is -2.25. The van der Waals surface area contributed by atoms with Crippen LogP contribution in [0.25, 0.3) is 0 Å².